The zero-order valence-corrected chi connectivity index (χ0v) is 15.8. The number of para-hydroxylation sites is 1. The first-order valence-electron chi connectivity index (χ1n) is 8.05. The number of hydrazone groups is 1. The van der Waals surface area contributed by atoms with Gasteiger partial charge in [-0.3, -0.25) is 9.10 Å². The molecule has 2 aromatic carbocycles. The van der Waals surface area contributed by atoms with Gasteiger partial charge in [0, 0.05) is 5.56 Å². The molecule has 10 heteroatoms. The quantitative estimate of drug-likeness (QED) is 0.584. The van der Waals surface area contributed by atoms with Crippen LogP contribution >= 0.6 is 0 Å². The van der Waals surface area contributed by atoms with Crippen molar-refractivity contribution < 1.29 is 26.4 Å². The first-order chi connectivity index (χ1) is 13.0. The summed E-state index contributed by atoms with van der Waals surface area (Å²) in [5.41, 5.74) is 1.24. The number of anilines is 1. The number of carbonyl (C=O) groups is 1. The van der Waals surface area contributed by atoms with E-state index in [2.05, 4.69) is 10.5 Å². The van der Waals surface area contributed by atoms with E-state index in [1.54, 1.807) is 18.2 Å². The number of hydrogen-bond acceptors (Lipinski definition) is 4. The maximum absolute atomic E-state index is 13.0. The van der Waals surface area contributed by atoms with E-state index in [1.807, 2.05) is 0 Å². The SMILES string of the molecule is C[C@H](C(=O)N/N=C\c1ccccc1C(F)(F)F)N(c1ccccc1)S(C)(=O)=O. The number of carbonyl (C=O) groups excluding carboxylic acids is 1. The number of sulfonamides is 1. The van der Waals surface area contributed by atoms with E-state index in [0.717, 1.165) is 22.8 Å². The highest BCUT2D eigenvalue weighted by Crippen LogP contribution is 2.31. The van der Waals surface area contributed by atoms with Crippen molar-refractivity contribution in [1.29, 1.82) is 0 Å². The van der Waals surface area contributed by atoms with E-state index in [4.69, 9.17) is 0 Å². The Morgan fingerprint density at radius 1 is 1.11 bits per heavy atom. The molecule has 0 fully saturated rings. The van der Waals surface area contributed by atoms with Gasteiger partial charge >= 0.3 is 6.18 Å². The number of hydrogen-bond donors (Lipinski definition) is 1. The lowest BCUT2D eigenvalue weighted by atomic mass is 10.1. The van der Waals surface area contributed by atoms with E-state index < -0.39 is 33.7 Å². The van der Waals surface area contributed by atoms with Crippen LogP contribution in [0, 0.1) is 0 Å². The Bertz CT molecular complexity index is 961. The van der Waals surface area contributed by atoms with Crippen LogP contribution in [0.15, 0.2) is 59.7 Å². The summed E-state index contributed by atoms with van der Waals surface area (Å²) in [7, 11) is -3.79. The van der Waals surface area contributed by atoms with Crippen LogP contribution in [-0.4, -0.2) is 32.8 Å². The summed E-state index contributed by atoms with van der Waals surface area (Å²) in [5.74, 6) is -0.796. The van der Waals surface area contributed by atoms with Crippen LogP contribution in [0.25, 0.3) is 0 Å². The van der Waals surface area contributed by atoms with E-state index in [0.29, 0.717) is 0 Å². The monoisotopic (exact) mass is 413 g/mol. The molecule has 0 aliphatic heterocycles. The average Bonchev–Trinajstić information content (AvgIpc) is 2.61. The third-order valence-corrected chi connectivity index (χ3v) is 4.99. The molecule has 150 valence electrons. The fraction of sp³-hybridized carbons (Fsp3) is 0.222. The van der Waals surface area contributed by atoms with Gasteiger partial charge in [-0.15, -0.1) is 0 Å². The molecule has 1 amide bonds. The van der Waals surface area contributed by atoms with Crippen molar-refractivity contribution in [2.75, 3.05) is 10.6 Å². The lowest BCUT2D eigenvalue weighted by molar-refractivity contribution is -0.137. The van der Waals surface area contributed by atoms with E-state index in [9.17, 15) is 26.4 Å². The molecule has 0 unspecified atom stereocenters. The standard InChI is InChI=1S/C18H18F3N3O3S/c1-13(24(28(2,26)27)15-9-4-3-5-10-15)17(25)23-22-12-14-8-6-7-11-16(14)18(19,20)21/h3-13H,1-2H3,(H,23,25)/b22-12-/t13-/m1/s1. The molecule has 0 aliphatic carbocycles. The van der Waals surface area contributed by atoms with Crippen molar-refractivity contribution in [3.63, 3.8) is 0 Å². The molecule has 28 heavy (non-hydrogen) atoms. The van der Waals surface area contributed by atoms with Gasteiger partial charge in [0.25, 0.3) is 5.91 Å². The minimum Gasteiger partial charge on any atom is -0.271 e. The average molecular weight is 413 g/mol. The lowest BCUT2D eigenvalue weighted by Gasteiger charge is -2.27. The van der Waals surface area contributed by atoms with E-state index >= 15 is 0 Å². The third-order valence-electron chi connectivity index (χ3n) is 3.74. The first-order valence-corrected chi connectivity index (χ1v) is 9.90. The van der Waals surface area contributed by atoms with Crippen LogP contribution in [-0.2, 0) is 21.0 Å². The number of alkyl halides is 3. The van der Waals surface area contributed by atoms with Crippen LogP contribution < -0.4 is 9.73 Å². The molecule has 0 spiro atoms. The van der Waals surface area contributed by atoms with Crippen molar-refractivity contribution in [2.24, 2.45) is 5.10 Å². The molecular formula is C18H18F3N3O3S. The van der Waals surface area contributed by atoms with Crippen LogP contribution in [0.2, 0.25) is 0 Å². The summed E-state index contributed by atoms with van der Waals surface area (Å²) in [4.78, 5) is 12.3. The molecule has 2 aromatic rings. The molecule has 0 heterocycles. The fourth-order valence-corrected chi connectivity index (χ4v) is 3.69. The van der Waals surface area contributed by atoms with Crippen molar-refractivity contribution in [3.8, 4) is 0 Å². The van der Waals surface area contributed by atoms with Gasteiger partial charge in [0.1, 0.15) is 6.04 Å². The second-order valence-electron chi connectivity index (χ2n) is 5.89. The fourth-order valence-electron chi connectivity index (χ4n) is 2.51. The van der Waals surface area contributed by atoms with Crippen LogP contribution in [0.1, 0.15) is 18.1 Å². The maximum atomic E-state index is 13.0. The summed E-state index contributed by atoms with van der Waals surface area (Å²) >= 11 is 0. The molecule has 0 bridgehead atoms. The van der Waals surface area contributed by atoms with Gasteiger partial charge in [-0.05, 0) is 25.1 Å². The summed E-state index contributed by atoms with van der Waals surface area (Å²) in [6, 6.07) is 11.5. The highest BCUT2D eigenvalue weighted by Gasteiger charge is 2.32. The zero-order chi connectivity index (χ0) is 20.9. The minimum atomic E-state index is -4.57. The van der Waals surface area contributed by atoms with Crippen LogP contribution in [0.4, 0.5) is 18.9 Å². The molecule has 0 radical (unpaired) electrons. The van der Waals surface area contributed by atoms with Gasteiger partial charge in [0.05, 0.1) is 23.7 Å². The molecular weight excluding hydrogens is 395 g/mol. The highest BCUT2D eigenvalue weighted by atomic mass is 32.2. The third kappa shape index (κ3) is 5.32. The number of amides is 1. The number of benzene rings is 2. The number of nitrogens with zero attached hydrogens (tertiary/aromatic N) is 2. The summed E-state index contributed by atoms with van der Waals surface area (Å²) in [6.07, 6.45) is -2.76. The second kappa shape index (κ2) is 8.42. The Balaban J connectivity index is 2.19. The molecule has 1 N–H and O–H groups in total. The first kappa shape index (κ1) is 21.4. The van der Waals surface area contributed by atoms with Crippen molar-refractivity contribution >= 4 is 27.8 Å². The van der Waals surface area contributed by atoms with Gasteiger partial charge in [-0.1, -0.05) is 36.4 Å². The molecule has 0 saturated heterocycles. The Kier molecular flexibility index (Phi) is 6.45. The van der Waals surface area contributed by atoms with E-state index in [1.165, 1.54) is 37.3 Å². The molecule has 6 nitrogen and oxygen atoms in total. The van der Waals surface area contributed by atoms with Crippen molar-refractivity contribution in [2.45, 2.75) is 19.1 Å². The van der Waals surface area contributed by atoms with Crippen LogP contribution in [0.3, 0.4) is 0 Å². The normalized spacial score (nSPS) is 13.3. The number of rotatable bonds is 6. The predicted octanol–water partition coefficient (Wildman–Crippen LogP) is 3.01. The van der Waals surface area contributed by atoms with Gasteiger partial charge < -0.3 is 0 Å². The van der Waals surface area contributed by atoms with Gasteiger partial charge in [0.2, 0.25) is 10.0 Å². The van der Waals surface area contributed by atoms with Crippen LogP contribution in [0.5, 0.6) is 0 Å². The van der Waals surface area contributed by atoms with Gasteiger partial charge in [-0.25, -0.2) is 13.8 Å². The maximum Gasteiger partial charge on any atom is 0.417 e. The minimum absolute atomic E-state index is 0.231. The van der Waals surface area contributed by atoms with Crippen molar-refractivity contribution in [3.05, 3.63) is 65.7 Å². The molecule has 0 aliphatic rings. The number of nitrogens with one attached hydrogen (secondary N) is 1. The van der Waals surface area contributed by atoms with Gasteiger partial charge in [-0.2, -0.15) is 18.3 Å². The predicted molar refractivity (Wildman–Crippen MR) is 100 cm³/mol. The smallest absolute Gasteiger partial charge is 0.271 e. The van der Waals surface area contributed by atoms with Gasteiger partial charge in [0.15, 0.2) is 0 Å². The Labute approximate surface area is 160 Å². The van der Waals surface area contributed by atoms with Crippen molar-refractivity contribution in [1.82, 2.24) is 5.43 Å². The highest BCUT2D eigenvalue weighted by molar-refractivity contribution is 7.92. The Morgan fingerprint density at radius 3 is 2.25 bits per heavy atom. The number of halogens is 3. The molecule has 0 saturated carbocycles. The topological polar surface area (TPSA) is 78.8 Å². The Morgan fingerprint density at radius 2 is 1.68 bits per heavy atom. The van der Waals surface area contributed by atoms with E-state index in [-0.39, 0.29) is 11.3 Å². The summed E-state index contributed by atoms with van der Waals surface area (Å²) in [6.45, 7) is 1.35. The molecule has 0 aromatic heterocycles. The lowest BCUT2D eigenvalue weighted by Crippen LogP contribution is -2.46. The largest absolute Gasteiger partial charge is 0.417 e. The molecule has 1 atom stereocenters. The summed E-state index contributed by atoms with van der Waals surface area (Å²) < 4.78 is 64.0. The molecule has 2 rings (SSSR count). The Hall–Kier alpha value is -2.88. The second-order valence-corrected chi connectivity index (χ2v) is 7.75. The zero-order valence-electron chi connectivity index (χ0n) is 15.0. The summed E-state index contributed by atoms with van der Waals surface area (Å²) in [5, 5.41) is 3.55.